The Morgan fingerprint density at radius 2 is 2.17 bits per heavy atom. The molecule has 0 radical (unpaired) electrons. The zero-order valence-corrected chi connectivity index (χ0v) is 9.23. The first-order valence-corrected chi connectivity index (χ1v) is 4.75. The highest BCUT2D eigenvalue weighted by atomic mass is 79.9. The van der Waals surface area contributed by atoms with Crippen LogP contribution < -0.4 is 5.32 Å². The van der Waals surface area contributed by atoms with Crippen LogP contribution in [0.25, 0.3) is 0 Å². The van der Waals surface area contributed by atoms with Crippen LogP contribution in [-0.4, -0.2) is 5.54 Å². The lowest BCUT2D eigenvalue weighted by Crippen LogP contribution is -2.34. The van der Waals surface area contributed by atoms with Gasteiger partial charge in [-0.15, -0.1) is 0 Å². The van der Waals surface area contributed by atoms with Gasteiger partial charge in [-0.3, -0.25) is 0 Å². The standard InChI is InChI=1S/C9H14BrNO/c1-9(2,3)11-6-8-7(10)4-5-12-8/h4-5,11H,6H2,1-3H3. The quantitative estimate of drug-likeness (QED) is 0.847. The van der Waals surface area contributed by atoms with Crippen LogP contribution >= 0.6 is 15.9 Å². The second kappa shape index (κ2) is 3.62. The van der Waals surface area contributed by atoms with Gasteiger partial charge in [-0.1, -0.05) is 0 Å². The third-order valence-corrected chi connectivity index (χ3v) is 2.18. The van der Waals surface area contributed by atoms with Gasteiger partial charge in [0.1, 0.15) is 5.76 Å². The molecule has 0 bridgehead atoms. The Labute approximate surface area is 81.5 Å². The summed E-state index contributed by atoms with van der Waals surface area (Å²) in [5, 5.41) is 3.34. The Balaban J connectivity index is 2.49. The van der Waals surface area contributed by atoms with Gasteiger partial charge in [-0.05, 0) is 42.8 Å². The van der Waals surface area contributed by atoms with E-state index in [0.717, 1.165) is 16.8 Å². The minimum atomic E-state index is 0.131. The molecule has 0 fully saturated rings. The molecule has 0 aliphatic carbocycles. The van der Waals surface area contributed by atoms with Gasteiger partial charge in [0.2, 0.25) is 0 Å². The SMILES string of the molecule is CC(C)(C)NCc1occc1Br. The molecule has 1 N–H and O–H groups in total. The van der Waals surface area contributed by atoms with Crippen molar-refractivity contribution >= 4 is 15.9 Å². The van der Waals surface area contributed by atoms with Gasteiger partial charge in [-0.25, -0.2) is 0 Å². The minimum Gasteiger partial charge on any atom is -0.467 e. The van der Waals surface area contributed by atoms with Crippen molar-refractivity contribution in [2.75, 3.05) is 0 Å². The van der Waals surface area contributed by atoms with Gasteiger partial charge in [0.25, 0.3) is 0 Å². The van der Waals surface area contributed by atoms with E-state index in [1.165, 1.54) is 0 Å². The van der Waals surface area contributed by atoms with E-state index < -0.39 is 0 Å². The normalized spacial score (nSPS) is 12.0. The van der Waals surface area contributed by atoms with Crippen LogP contribution in [0.5, 0.6) is 0 Å². The largest absolute Gasteiger partial charge is 0.467 e. The highest BCUT2D eigenvalue weighted by Crippen LogP contribution is 2.17. The maximum atomic E-state index is 5.25. The first-order chi connectivity index (χ1) is 5.49. The summed E-state index contributed by atoms with van der Waals surface area (Å²) in [7, 11) is 0. The summed E-state index contributed by atoms with van der Waals surface area (Å²) in [5.74, 6) is 0.949. The van der Waals surface area contributed by atoms with Crippen LogP contribution in [0.4, 0.5) is 0 Å². The van der Waals surface area contributed by atoms with Crippen LogP contribution in [0.1, 0.15) is 26.5 Å². The molecule has 0 saturated carbocycles. The zero-order chi connectivity index (χ0) is 9.19. The van der Waals surface area contributed by atoms with Crippen molar-refractivity contribution in [2.24, 2.45) is 0 Å². The van der Waals surface area contributed by atoms with Crippen molar-refractivity contribution in [2.45, 2.75) is 32.9 Å². The number of hydrogen-bond donors (Lipinski definition) is 1. The summed E-state index contributed by atoms with van der Waals surface area (Å²) in [4.78, 5) is 0. The lowest BCUT2D eigenvalue weighted by molar-refractivity contribution is 0.387. The smallest absolute Gasteiger partial charge is 0.131 e. The number of furan rings is 1. The van der Waals surface area contributed by atoms with E-state index >= 15 is 0 Å². The molecule has 0 aliphatic rings. The average Bonchev–Trinajstić information content (AvgIpc) is 2.29. The first kappa shape index (κ1) is 9.81. The Bertz CT molecular complexity index is 249. The average molecular weight is 232 g/mol. The summed E-state index contributed by atoms with van der Waals surface area (Å²) in [6.07, 6.45) is 1.68. The molecule has 0 saturated heterocycles. The maximum Gasteiger partial charge on any atom is 0.131 e. The van der Waals surface area contributed by atoms with Crippen molar-refractivity contribution in [1.82, 2.24) is 5.32 Å². The highest BCUT2D eigenvalue weighted by Gasteiger charge is 2.10. The molecule has 0 unspecified atom stereocenters. The Kier molecular flexibility index (Phi) is 2.96. The molecule has 1 aromatic heterocycles. The number of rotatable bonds is 2. The van der Waals surface area contributed by atoms with E-state index in [0.29, 0.717) is 0 Å². The van der Waals surface area contributed by atoms with Gasteiger partial charge >= 0.3 is 0 Å². The fourth-order valence-electron chi connectivity index (χ4n) is 0.797. The van der Waals surface area contributed by atoms with Gasteiger partial charge in [0.05, 0.1) is 17.3 Å². The minimum absolute atomic E-state index is 0.131. The molecule has 0 amide bonds. The van der Waals surface area contributed by atoms with Crippen LogP contribution in [0, 0.1) is 0 Å². The molecule has 0 aliphatic heterocycles. The van der Waals surface area contributed by atoms with E-state index in [-0.39, 0.29) is 5.54 Å². The lowest BCUT2D eigenvalue weighted by Gasteiger charge is -2.19. The molecule has 1 rings (SSSR count). The Morgan fingerprint density at radius 3 is 2.58 bits per heavy atom. The van der Waals surface area contributed by atoms with Crippen molar-refractivity contribution in [1.29, 1.82) is 0 Å². The summed E-state index contributed by atoms with van der Waals surface area (Å²) >= 11 is 3.40. The molecule has 0 atom stereocenters. The van der Waals surface area contributed by atoms with E-state index in [9.17, 15) is 0 Å². The third kappa shape index (κ3) is 2.99. The van der Waals surface area contributed by atoms with Crippen molar-refractivity contribution in [3.05, 3.63) is 22.6 Å². The molecule has 0 spiro atoms. The number of nitrogens with one attached hydrogen (secondary N) is 1. The van der Waals surface area contributed by atoms with Crippen molar-refractivity contribution in [3.63, 3.8) is 0 Å². The van der Waals surface area contributed by atoms with E-state index in [2.05, 4.69) is 42.0 Å². The molecule has 3 heteroatoms. The van der Waals surface area contributed by atoms with Gasteiger partial charge < -0.3 is 9.73 Å². The Morgan fingerprint density at radius 1 is 1.50 bits per heavy atom. The lowest BCUT2D eigenvalue weighted by atomic mass is 10.1. The fourth-order valence-corrected chi connectivity index (χ4v) is 1.14. The second-order valence-corrected chi connectivity index (χ2v) is 4.65. The summed E-state index contributed by atoms with van der Waals surface area (Å²) in [6, 6.07) is 1.90. The summed E-state index contributed by atoms with van der Waals surface area (Å²) in [6.45, 7) is 7.15. The molecular formula is C9H14BrNO. The monoisotopic (exact) mass is 231 g/mol. The predicted octanol–water partition coefficient (Wildman–Crippen LogP) is 2.93. The van der Waals surface area contributed by atoms with Crippen LogP contribution in [0.15, 0.2) is 21.2 Å². The number of hydrogen-bond acceptors (Lipinski definition) is 2. The van der Waals surface area contributed by atoms with Crippen LogP contribution in [0.3, 0.4) is 0 Å². The van der Waals surface area contributed by atoms with Gasteiger partial charge in [0, 0.05) is 5.54 Å². The summed E-state index contributed by atoms with van der Waals surface area (Å²) in [5.41, 5.74) is 0.131. The molecule has 1 heterocycles. The first-order valence-electron chi connectivity index (χ1n) is 3.96. The Hall–Kier alpha value is -0.280. The molecule has 12 heavy (non-hydrogen) atoms. The van der Waals surface area contributed by atoms with Gasteiger partial charge in [0.15, 0.2) is 0 Å². The fraction of sp³-hybridized carbons (Fsp3) is 0.556. The molecule has 0 aromatic carbocycles. The third-order valence-electron chi connectivity index (χ3n) is 1.47. The summed E-state index contributed by atoms with van der Waals surface area (Å²) < 4.78 is 6.28. The van der Waals surface area contributed by atoms with Crippen LogP contribution in [-0.2, 0) is 6.54 Å². The molecule has 1 aromatic rings. The maximum absolute atomic E-state index is 5.25. The molecule has 2 nitrogen and oxygen atoms in total. The second-order valence-electron chi connectivity index (χ2n) is 3.80. The topological polar surface area (TPSA) is 25.2 Å². The van der Waals surface area contributed by atoms with Gasteiger partial charge in [-0.2, -0.15) is 0 Å². The number of halogens is 1. The highest BCUT2D eigenvalue weighted by molar-refractivity contribution is 9.10. The zero-order valence-electron chi connectivity index (χ0n) is 7.65. The van der Waals surface area contributed by atoms with Crippen LogP contribution in [0.2, 0.25) is 0 Å². The van der Waals surface area contributed by atoms with E-state index in [1.807, 2.05) is 6.07 Å². The van der Waals surface area contributed by atoms with E-state index in [4.69, 9.17) is 4.42 Å². The van der Waals surface area contributed by atoms with Crippen molar-refractivity contribution in [3.8, 4) is 0 Å². The molecular weight excluding hydrogens is 218 g/mol. The molecule has 68 valence electrons. The van der Waals surface area contributed by atoms with E-state index in [1.54, 1.807) is 6.26 Å². The van der Waals surface area contributed by atoms with Crippen molar-refractivity contribution < 1.29 is 4.42 Å². The predicted molar refractivity (Wildman–Crippen MR) is 53.0 cm³/mol.